The fourth-order valence-corrected chi connectivity index (χ4v) is 4.57. The van der Waals surface area contributed by atoms with Gasteiger partial charge in [-0.2, -0.15) is 18.2 Å². The molecule has 3 aromatic heterocycles. The molecule has 15 heteroatoms. The van der Waals surface area contributed by atoms with Crippen LogP contribution in [0.25, 0.3) is 11.1 Å². The summed E-state index contributed by atoms with van der Waals surface area (Å²) in [5.74, 6) is -1.31. The molecule has 0 fully saturated rings. The van der Waals surface area contributed by atoms with Crippen molar-refractivity contribution in [2.75, 3.05) is 23.5 Å². The molecule has 2 N–H and O–H groups in total. The maximum absolute atomic E-state index is 13.7. The number of halogens is 5. The summed E-state index contributed by atoms with van der Waals surface area (Å²) in [6, 6.07) is 7.02. The van der Waals surface area contributed by atoms with Crippen molar-refractivity contribution in [3.8, 4) is 17.0 Å². The molecule has 4 heterocycles. The summed E-state index contributed by atoms with van der Waals surface area (Å²) in [5, 5.41) is 3.90. The fourth-order valence-electron chi connectivity index (χ4n) is 4.38. The average Bonchev–Trinajstić information content (AvgIpc) is 3.42. The molecule has 0 aliphatic carbocycles. The van der Waals surface area contributed by atoms with Crippen LogP contribution >= 0.6 is 11.6 Å². The Morgan fingerprint density at radius 1 is 1.13 bits per heavy atom. The topological polar surface area (TPSA) is 114 Å². The number of benzene rings is 1. The van der Waals surface area contributed by atoms with E-state index in [1.54, 1.807) is 19.3 Å². The van der Waals surface area contributed by atoms with Crippen LogP contribution < -0.4 is 20.5 Å². The van der Waals surface area contributed by atoms with Gasteiger partial charge in [0.05, 0.1) is 18.2 Å². The minimum Gasteiger partial charge on any atom is -0.477 e. The molecule has 1 unspecified atom stereocenters. The molecule has 45 heavy (non-hydrogen) atoms. The molecule has 0 amide bonds. The highest BCUT2D eigenvalue weighted by atomic mass is 35.5. The van der Waals surface area contributed by atoms with Crippen LogP contribution in [0.4, 0.5) is 35.0 Å². The average molecular weight is 644 g/mol. The Balaban J connectivity index is 1.52. The van der Waals surface area contributed by atoms with Gasteiger partial charge < -0.3 is 14.8 Å². The van der Waals surface area contributed by atoms with Crippen LogP contribution in [-0.2, 0) is 11.2 Å². The van der Waals surface area contributed by atoms with Gasteiger partial charge in [0.15, 0.2) is 5.82 Å². The zero-order valence-electron chi connectivity index (χ0n) is 23.9. The minimum atomic E-state index is -4.58. The second-order valence-corrected chi connectivity index (χ2v) is 10.1. The molecule has 1 aliphatic rings. The highest BCUT2D eigenvalue weighted by molar-refractivity contribution is 6.31. The second kappa shape index (κ2) is 13.4. The molecule has 0 radical (unpaired) electrons. The van der Waals surface area contributed by atoms with Gasteiger partial charge in [0.1, 0.15) is 17.4 Å². The van der Waals surface area contributed by atoms with Gasteiger partial charge in [-0.1, -0.05) is 11.6 Å². The number of hydrogen-bond acceptors (Lipinski definition) is 10. The molecule has 234 valence electrons. The summed E-state index contributed by atoms with van der Waals surface area (Å²) in [4.78, 5) is 30.1. The molecule has 10 nitrogen and oxygen atoms in total. The number of allylic oxidation sites excluding steroid dienone is 1. The van der Waals surface area contributed by atoms with Gasteiger partial charge in [-0.05, 0) is 61.9 Å². The standard InChI is InChI=1S/C30H26ClF4N7O3/c1-3-44-28(43)21-13-19(15-37-27(21)45-11-8-18-6-9-36-10-7-18)22-16-38-29(39-20-4-5-24(32)23(31)14-20)40-26(22)42-17(2)12-25(41-42)30(33,34)35/h4-7,9-10,12-16,25,41H,3,8,11H2,1-2H3,(H,38,39,40). The molecular formula is C30H26ClF4N7O3. The van der Waals surface area contributed by atoms with Crippen molar-refractivity contribution < 1.29 is 31.8 Å². The van der Waals surface area contributed by atoms with Gasteiger partial charge >= 0.3 is 12.1 Å². The monoisotopic (exact) mass is 643 g/mol. The number of alkyl halides is 3. The van der Waals surface area contributed by atoms with Crippen LogP contribution in [0.3, 0.4) is 0 Å². The van der Waals surface area contributed by atoms with Gasteiger partial charge in [-0.25, -0.2) is 24.6 Å². The predicted molar refractivity (Wildman–Crippen MR) is 159 cm³/mol. The first-order chi connectivity index (χ1) is 21.5. The molecule has 1 atom stereocenters. The molecule has 0 saturated heterocycles. The fraction of sp³-hybridized carbons (Fsp3) is 0.233. The maximum Gasteiger partial charge on any atom is 0.409 e. The van der Waals surface area contributed by atoms with Crippen molar-refractivity contribution in [2.24, 2.45) is 0 Å². The van der Waals surface area contributed by atoms with E-state index in [-0.39, 0.29) is 52.7 Å². The smallest absolute Gasteiger partial charge is 0.409 e. The molecule has 1 aliphatic heterocycles. The van der Waals surface area contributed by atoms with E-state index in [1.807, 2.05) is 12.1 Å². The predicted octanol–water partition coefficient (Wildman–Crippen LogP) is 6.43. The first kappa shape index (κ1) is 31.6. The third-order valence-electron chi connectivity index (χ3n) is 6.57. The number of ether oxygens (including phenoxy) is 2. The van der Waals surface area contributed by atoms with Crippen molar-refractivity contribution in [2.45, 2.75) is 32.5 Å². The number of nitrogens with one attached hydrogen (secondary N) is 2. The lowest BCUT2D eigenvalue weighted by Crippen LogP contribution is -2.45. The summed E-state index contributed by atoms with van der Waals surface area (Å²) in [7, 11) is 0. The van der Waals surface area contributed by atoms with Gasteiger partial charge in [-0.3, -0.25) is 9.99 Å². The molecule has 5 rings (SSSR count). The Kier molecular flexibility index (Phi) is 9.44. The second-order valence-electron chi connectivity index (χ2n) is 9.73. The van der Waals surface area contributed by atoms with Crippen molar-refractivity contribution in [1.82, 2.24) is 25.4 Å². The van der Waals surface area contributed by atoms with Crippen LogP contribution in [0.1, 0.15) is 29.8 Å². The van der Waals surface area contributed by atoms with Crippen LogP contribution in [0.2, 0.25) is 5.02 Å². The van der Waals surface area contributed by atoms with Gasteiger partial charge in [0.25, 0.3) is 0 Å². The van der Waals surface area contributed by atoms with Gasteiger partial charge in [0.2, 0.25) is 11.8 Å². The molecule has 0 spiro atoms. The summed E-state index contributed by atoms with van der Waals surface area (Å²) >= 11 is 5.89. The third kappa shape index (κ3) is 7.46. The van der Waals surface area contributed by atoms with E-state index < -0.39 is 24.0 Å². The lowest BCUT2D eigenvalue weighted by Gasteiger charge is -2.25. The number of carbonyl (C=O) groups is 1. The van der Waals surface area contributed by atoms with Gasteiger partial charge in [0, 0.05) is 53.7 Å². The van der Waals surface area contributed by atoms with Crippen molar-refractivity contribution in [1.29, 1.82) is 0 Å². The summed E-state index contributed by atoms with van der Waals surface area (Å²) in [6.07, 6.45) is 3.03. The first-order valence-corrected chi connectivity index (χ1v) is 14.0. The minimum absolute atomic E-state index is 0.00740. The quantitative estimate of drug-likeness (QED) is 0.148. The number of anilines is 3. The lowest BCUT2D eigenvalue weighted by atomic mass is 10.1. The normalized spacial score (nSPS) is 14.7. The van der Waals surface area contributed by atoms with Crippen LogP contribution in [0.15, 0.2) is 73.0 Å². The zero-order valence-corrected chi connectivity index (χ0v) is 24.7. The van der Waals surface area contributed by atoms with Gasteiger partial charge in [-0.15, -0.1) is 0 Å². The highest BCUT2D eigenvalue weighted by Gasteiger charge is 2.43. The molecule has 0 saturated carbocycles. The van der Waals surface area contributed by atoms with E-state index in [4.69, 9.17) is 21.1 Å². The maximum atomic E-state index is 13.7. The number of pyridine rings is 2. The summed E-state index contributed by atoms with van der Waals surface area (Å²) in [6.45, 7) is 3.42. The lowest BCUT2D eigenvalue weighted by molar-refractivity contribution is -0.142. The third-order valence-corrected chi connectivity index (χ3v) is 6.86. The number of aromatic nitrogens is 4. The van der Waals surface area contributed by atoms with Crippen LogP contribution in [0.5, 0.6) is 5.88 Å². The summed E-state index contributed by atoms with van der Waals surface area (Å²) in [5.41, 5.74) is 4.48. The van der Waals surface area contributed by atoms with E-state index in [1.165, 1.54) is 42.5 Å². The van der Waals surface area contributed by atoms with Crippen molar-refractivity contribution >= 4 is 35.0 Å². The van der Waals surface area contributed by atoms with Crippen LogP contribution in [0, 0.1) is 5.82 Å². The Morgan fingerprint density at radius 3 is 2.60 bits per heavy atom. The number of esters is 1. The number of carbonyl (C=O) groups excluding carboxylic acids is 1. The molecular weight excluding hydrogens is 618 g/mol. The molecule has 1 aromatic carbocycles. The SMILES string of the molecule is CCOC(=O)c1cc(-c2cnc(Nc3ccc(F)c(Cl)c3)nc2N2NC(C(F)(F)F)C=C2C)cnc1OCCc1ccncc1. The number of hydrogen-bond donors (Lipinski definition) is 2. The van der Waals surface area contributed by atoms with E-state index in [9.17, 15) is 22.4 Å². The Labute approximate surface area is 260 Å². The highest BCUT2D eigenvalue weighted by Crippen LogP contribution is 2.36. The zero-order chi connectivity index (χ0) is 32.1. The number of rotatable bonds is 10. The molecule has 0 bridgehead atoms. The summed E-state index contributed by atoms with van der Waals surface area (Å²) < 4.78 is 65.7. The van der Waals surface area contributed by atoms with E-state index in [0.29, 0.717) is 17.7 Å². The van der Waals surface area contributed by atoms with E-state index >= 15 is 0 Å². The Bertz CT molecular complexity index is 1720. The number of hydrazine groups is 1. The van der Waals surface area contributed by atoms with Crippen molar-refractivity contribution in [3.63, 3.8) is 0 Å². The van der Waals surface area contributed by atoms with E-state index in [2.05, 4.69) is 30.7 Å². The molecule has 4 aromatic rings. The van der Waals surface area contributed by atoms with E-state index in [0.717, 1.165) is 17.7 Å². The van der Waals surface area contributed by atoms with Crippen LogP contribution in [-0.4, -0.2) is 51.3 Å². The Morgan fingerprint density at radius 2 is 1.91 bits per heavy atom. The number of nitrogens with zero attached hydrogens (tertiary/aromatic N) is 5. The first-order valence-electron chi connectivity index (χ1n) is 13.6. The van der Waals surface area contributed by atoms with Crippen molar-refractivity contribution in [3.05, 3.63) is 94.9 Å². The Hall–Kier alpha value is -4.82. The largest absolute Gasteiger partial charge is 0.477 e.